The van der Waals surface area contributed by atoms with Crippen LogP contribution >= 0.6 is 11.6 Å². The van der Waals surface area contributed by atoms with Crippen molar-refractivity contribution in [3.63, 3.8) is 0 Å². The maximum atomic E-state index is 13.0. The van der Waals surface area contributed by atoms with Gasteiger partial charge in [-0.15, -0.1) is 11.6 Å². The van der Waals surface area contributed by atoms with Crippen molar-refractivity contribution in [2.75, 3.05) is 0 Å². The molecule has 0 N–H and O–H groups in total. The molecule has 1 aromatic carbocycles. The number of halogens is 3. The lowest BCUT2D eigenvalue weighted by molar-refractivity contribution is 0.446. The molecule has 5 heteroatoms. The second-order valence-electron chi connectivity index (χ2n) is 3.77. The van der Waals surface area contributed by atoms with Crippen molar-refractivity contribution in [1.82, 2.24) is 4.98 Å². The first-order chi connectivity index (χ1) is 8.58. The van der Waals surface area contributed by atoms with Gasteiger partial charge in [0, 0.05) is 23.7 Å². The van der Waals surface area contributed by atoms with Crippen LogP contribution in [0.15, 0.2) is 30.3 Å². The molecule has 0 atom stereocenters. The van der Waals surface area contributed by atoms with Crippen LogP contribution in [0.1, 0.15) is 11.3 Å². The number of benzene rings is 1. The molecule has 0 unspecified atom stereocenters. The fourth-order valence-electron chi connectivity index (χ4n) is 1.50. The van der Waals surface area contributed by atoms with Gasteiger partial charge < -0.3 is 4.74 Å². The topological polar surface area (TPSA) is 22.1 Å². The summed E-state index contributed by atoms with van der Waals surface area (Å²) >= 11 is 5.73. The number of pyridine rings is 1. The number of aryl methyl sites for hydroxylation is 1. The number of rotatable bonds is 3. The third-order valence-corrected chi connectivity index (χ3v) is 2.57. The summed E-state index contributed by atoms with van der Waals surface area (Å²) in [5.74, 6) is -1.06. The van der Waals surface area contributed by atoms with E-state index < -0.39 is 11.6 Å². The van der Waals surface area contributed by atoms with Crippen LogP contribution in [-0.4, -0.2) is 4.98 Å². The summed E-state index contributed by atoms with van der Waals surface area (Å²) < 4.78 is 31.1. The molecule has 18 heavy (non-hydrogen) atoms. The molecular formula is C13H10ClF2NO. The molecule has 0 saturated heterocycles. The van der Waals surface area contributed by atoms with Gasteiger partial charge in [0.15, 0.2) is 11.6 Å². The molecule has 0 amide bonds. The van der Waals surface area contributed by atoms with E-state index in [2.05, 4.69) is 4.98 Å². The molecule has 94 valence electrons. The number of nitrogens with zero attached hydrogens (tertiary/aromatic N) is 1. The Hall–Kier alpha value is -1.68. The number of aromatic nitrogens is 1. The average molecular weight is 270 g/mol. The molecule has 0 bridgehead atoms. The third-order valence-electron chi connectivity index (χ3n) is 2.26. The van der Waals surface area contributed by atoms with Crippen molar-refractivity contribution >= 4 is 11.6 Å². The van der Waals surface area contributed by atoms with Crippen LogP contribution in [0.5, 0.6) is 11.6 Å². The molecule has 0 aliphatic carbocycles. The molecule has 0 fully saturated rings. The summed E-state index contributed by atoms with van der Waals surface area (Å²) in [5, 5.41) is 0. The van der Waals surface area contributed by atoms with E-state index in [1.807, 2.05) is 6.07 Å². The lowest BCUT2D eigenvalue weighted by Crippen LogP contribution is -1.93. The molecule has 2 aromatic rings. The van der Waals surface area contributed by atoms with Gasteiger partial charge in [-0.2, -0.15) is 0 Å². The SMILES string of the molecule is Cc1cc(CCl)cc(Oc2ccc(F)c(F)c2)n1. The van der Waals surface area contributed by atoms with E-state index in [-0.39, 0.29) is 5.75 Å². The Bertz CT molecular complexity index is 575. The number of hydrogen-bond acceptors (Lipinski definition) is 2. The van der Waals surface area contributed by atoms with Gasteiger partial charge in [-0.1, -0.05) is 0 Å². The Morgan fingerprint density at radius 1 is 1.17 bits per heavy atom. The average Bonchev–Trinajstić information content (AvgIpc) is 2.33. The minimum atomic E-state index is -0.960. The van der Waals surface area contributed by atoms with Gasteiger partial charge in [-0.3, -0.25) is 0 Å². The van der Waals surface area contributed by atoms with Crippen LogP contribution < -0.4 is 4.74 Å². The fourth-order valence-corrected chi connectivity index (χ4v) is 1.65. The Morgan fingerprint density at radius 3 is 2.61 bits per heavy atom. The number of ether oxygens (including phenoxy) is 1. The summed E-state index contributed by atoms with van der Waals surface area (Å²) in [4.78, 5) is 4.13. The predicted molar refractivity (Wildman–Crippen MR) is 65.0 cm³/mol. The van der Waals surface area contributed by atoms with E-state index >= 15 is 0 Å². The standard InChI is InChI=1S/C13H10ClF2NO/c1-8-4-9(7-14)5-13(17-8)18-10-2-3-11(15)12(16)6-10/h2-6H,7H2,1H3. The van der Waals surface area contributed by atoms with Crippen LogP contribution in [0.4, 0.5) is 8.78 Å². The summed E-state index contributed by atoms with van der Waals surface area (Å²) in [5.41, 5.74) is 1.59. The van der Waals surface area contributed by atoms with Gasteiger partial charge in [0.2, 0.25) is 5.88 Å². The van der Waals surface area contributed by atoms with Crippen molar-refractivity contribution < 1.29 is 13.5 Å². The van der Waals surface area contributed by atoms with Gasteiger partial charge in [-0.25, -0.2) is 13.8 Å². The zero-order valence-corrected chi connectivity index (χ0v) is 10.3. The van der Waals surface area contributed by atoms with Gasteiger partial charge in [0.25, 0.3) is 0 Å². The van der Waals surface area contributed by atoms with Crippen LogP contribution in [-0.2, 0) is 5.88 Å². The summed E-state index contributed by atoms with van der Waals surface area (Å²) in [6.45, 7) is 1.80. The molecule has 1 heterocycles. The van der Waals surface area contributed by atoms with Crippen molar-refractivity contribution in [3.8, 4) is 11.6 Å². The highest BCUT2D eigenvalue weighted by Gasteiger charge is 2.06. The maximum absolute atomic E-state index is 13.0. The normalized spacial score (nSPS) is 10.4. The Morgan fingerprint density at radius 2 is 1.94 bits per heavy atom. The van der Waals surface area contributed by atoms with Gasteiger partial charge in [-0.05, 0) is 30.7 Å². The van der Waals surface area contributed by atoms with Crippen molar-refractivity contribution in [3.05, 3.63) is 53.2 Å². The second-order valence-corrected chi connectivity index (χ2v) is 4.03. The second kappa shape index (κ2) is 5.31. The molecule has 2 rings (SSSR count). The zero-order valence-electron chi connectivity index (χ0n) is 9.58. The Labute approximate surface area is 108 Å². The zero-order chi connectivity index (χ0) is 13.1. The summed E-state index contributed by atoms with van der Waals surface area (Å²) in [6, 6.07) is 6.79. The monoisotopic (exact) mass is 269 g/mol. The smallest absolute Gasteiger partial charge is 0.219 e. The van der Waals surface area contributed by atoms with E-state index in [1.165, 1.54) is 6.07 Å². The molecular weight excluding hydrogens is 260 g/mol. The van der Waals surface area contributed by atoms with Gasteiger partial charge in [0.1, 0.15) is 5.75 Å². The molecule has 0 aliphatic rings. The highest BCUT2D eigenvalue weighted by Crippen LogP contribution is 2.23. The number of alkyl halides is 1. The highest BCUT2D eigenvalue weighted by molar-refractivity contribution is 6.17. The van der Waals surface area contributed by atoms with E-state index in [0.717, 1.165) is 23.4 Å². The predicted octanol–water partition coefficient (Wildman–Crippen LogP) is 4.20. The van der Waals surface area contributed by atoms with Crippen molar-refractivity contribution in [1.29, 1.82) is 0 Å². The van der Waals surface area contributed by atoms with Crippen LogP contribution in [0, 0.1) is 18.6 Å². The Balaban J connectivity index is 2.27. The lowest BCUT2D eigenvalue weighted by atomic mass is 10.2. The van der Waals surface area contributed by atoms with Crippen LogP contribution in [0.3, 0.4) is 0 Å². The van der Waals surface area contributed by atoms with Crippen molar-refractivity contribution in [2.24, 2.45) is 0 Å². The molecule has 0 radical (unpaired) electrons. The minimum Gasteiger partial charge on any atom is -0.439 e. The maximum Gasteiger partial charge on any atom is 0.219 e. The first-order valence-corrected chi connectivity index (χ1v) is 5.78. The lowest BCUT2D eigenvalue weighted by Gasteiger charge is -2.07. The molecule has 1 aromatic heterocycles. The fraction of sp³-hybridized carbons (Fsp3) is 0.154. The van der Waals surface area contributed by atoms with Crippen molar-refractivity contribution in [2.45, 2.75) is 12.8 Å². The highest BCUT2D eigenvalue weighted by atomic mass is 35.5. The Kier molecular flexibility index (Phi) is 3.77. The van der Waals surface area contributed by atoms with Crippen LogP contribution in [0.2, 0.25) is 0 Å². The first-order valence-electron chi connectivity index (χ1n) is 5.25. The summed E-state index contributed by atoms with van der Waals surface area (Å²) in [6.07, 6.45) is 0. The first kappa shape index (κ1) is 12.8. The third kappa shape index (κ3) is 2.96. The molecule has 0 spiro atoms. The molecule has 0 aliphatic heterocycles. The number of hydrogen-bond donors (Lipinski definition) is 0. The van der Waals surface area contributed by atoms with E-state index in [9.17, 15) is 8.78 Å². The van der Waals surface area contributed by atoms with E-state index in [0.29, 0.717) is 11.8 Å². The summed E-state index contributed by atoms with van der Waals surface area (Å²) in [7, 11) is 0. The molecule has 2 nitrogen and oxygen atoms in total. The minimum absolute atomic E-state index is 0.188. The largest absolute Gasteiger partial charge is 0.439 e. The quantitative estimate of drug-likeness (QED) is 0.779. The van der Waals surface area contributed by atoms with Crippen LogP contribution in [0.25, 0.3) is 0 Å². The van der Waals surface area contributed by atoms with E-state index in [4.69, 9.17) is 16.3 Å². The van der Waals surface area contributed by atoms with E-state index in [1.54, 1.807) is 13.0 Å². The molecule has 0 saturated carbocycles. The van der Waals surface area contributed by atoms with Gasteiger partial charge >= 0.3 is 0 Å². The van der Waals surface area contributed by atoms with Gasteiger partial charge in [0.05, 0.1) is 0 Å².